The lowest BCUT2D eigenvalue weighted by molar-refractivity contribution is -0.125. The molecule has 3 heterocycles. The number of fused-ring (bicyclic) bond motifs is 3. The molecule has 0 saturated heterocycles. The van der Waals surface area contributed by atoms with Crippen molar-refractivity contribution in [3.8, 4) is 0 Å². The molecule has 1 aliphatic rings. The minimum Gasteiger partial charge on any atom is -0.361 e. The van der Waals surface area contributed by atoms with Crippen molar-refractivity contribution in [2.24, 2.45) is 5.92 Å². The number of aromatic nitrogens is 3. The van der Waals surface area contributed by atoms with E-state index in [1.165, 1.54) is 0 Å². The number of nitrogens with zero attached hydrogens (tertiary/aromatic N) is 2. The first kappa shape index (κ1) is 19.9. The average molecular weight is 402 g/mol. The van der Waals surface area contributed by atoms with Gasteiger partial charge in [0.1, 0.15) is 11.9 Å². The predicted molar refractivity (Wildman–Crippen MR) is 119 cm³/mol. The number of amides is 1. The van der Waals surface area contributed by atoms with Gasteiger partial charge in [-0.1, -0.05) is 51.1 Å². The summed E-state index contributed by atoms with van der Waals surface area (Å²) in [5.41, 5.74) is 2.52. The monoisotopic (exact) mass is 402 g/mol. The van der Waals surface area contributed by atoms with Gasteiger partial charge in [-0.05, 0) is 29.7 Å². The molecule has 2 aromatic heterocycles. The van der Waals surface area contributed by atoms with Crippen LogP contribution < -0.4 is 10.9 Å². The Bertz CT molecular complexity index is 1270. The lowest BCUT2D eigenvalue weighted by Gasteiger charge is -2.27. The summed E-state index contributed by atoms with van der Waals surface area (Å²) in [6.07, 6.45) is 2.34. The van der Waals surface area contributed by atoms with Crippen LogP contribution in [0.5, 0.6) is 0 Å². The van der Waals surface area contributed by atoms with Crippen LogP contribution in [-0.4, -0.2) is 20.4 Å². The van der Waals surface area contributed by atoms with Crippen molar-refractivity contribution in [1.82, 2.24) is 19.9 Å². The van der Waals surface area contributed by atoms with Crippen LogP contribution >= 0.6 is 0 Å². The summed E-state index contributed by atoms with van der Waals surface area (Å²) >= 11 is 0. The molecule has 5 rings (SSSR count). The second-order valence-corrected chi connectivity index (χ2v) is 8.25. The number of hydrogen-bond donors (Lipinski definition) is 2. The van der Waals surface area contributed by atoms with Gasteiger partial charge in [0.25, 0.3) is 5.56 Å². The smallest absolute Gasteiger partial charge is 0.262 e. The van der Waals surface area contributed by atoms with Crippen molar-refractivity contribution in [2.75, 3.05) is 0 Å². The predicted octanol–water partition coefficient (Wildman–Crippen LogP) is 3.95. The van der Waals surface area contributed by atoms with E-state index in [0.29, 0.717) is 23.1 Å². The number of carbonyl (C=O) groups excluding carboxylic acids is 1. The molecular weight excluding hydrogens is 376 g/mol. The van der Waals surface area contributed by atoms with Crippen molar-refractivity contribution in [3.63, 3.8) is 0 Å². The number of nitrogens with one attached hydrogen (secondary N) is 2. The maximum absolute atomic E-state index is 13.1. The summed E-state index contributed by atoms with van der Waals surface area (Å²) in [7, 11) is 0. The van der Waals surface area contributed by atoms with Crippen LogP contribution in [0.25, 0.3) is 21.8 Å². The first-order chi connectivity index (χ1) is 14.5. The normalized spacial score (nSPS) is 15.6. The Kier molecular flexibility index (Phi) is 5.40. The van der Waals surface area contributed by atoms with Crippen LogP contribution in [0.3, 0.4) is 0 Å². The minimum atomic E-state index is -0.609. The first-order valence-corrected chi connectivity index (χ1v) is 10.3. The second-order valence-electron chi connectivity index (χ2n) is 8.25. The first-order valence-electron chi connectivity index (χ1n) is 10.3. The van der Waals surface area contributed by atoms with Crippen molar-refractivity contribution < 1.29 is 4.79 Å². The van der Waals surface area contributed by atoms with E-state index in [1.807, 2.05) is 48.7 Å². The van der Waals surface area contributed by atoms with E-state index in [9.17, 15) is 9.59 Å². The molecule has 1 unspecified atom stereocenters. The maximum Gasteiger partial charge on any atom is 0.262 e. The fraction of sp³-hybridized carbons (Fsp3) is 0.292. The zero-order valence-electron chi connectivity index (χ0n) is 17.5. The molecule has 1 aliphatic heterocycles. The van der Waals surface area contributed by atoms with Crippen molar-refractivity contribution in [3.05, 3.63) is 76.5 Å². The third-order valence-corrected chi connectivity index (χ3v) is 5.00. The lowest BCUT2D eigenvalue weighted by atomic mass is 10.0. The molecule has 0 radical (unpaired) electrons. The number of aromatic amines is 1. The molecule has 0 fully saturated rings. The van der Waals surface area contributed by atoms with Gasteiger partial charge in [-0.3, -0.25) is 14.2 Å². The summed E-state index contributed by atoms with van der Waals surface area (Å²) < 4.78 is 1.56. The summed E-state index contributed by atoms with van der Waals surface area (Å²) in [6.45, 7) is 6.77. The van der Waals surface area contributed by atoms with E-state index in [0.717, 1.165) is 22.4 Å². The number of carbonyl (C=O) groups is 1. The molecule has 0 saturated carbocycles. The molecule has 0 bridgehead atoms. The van der Waals surface area contributed by atoms with Gasteiger partial charge < -0.3 is 10.3 Å². The molecule has 0 spiro atoms. The highest BCUT2D eigenvalue weighted by Gasteiger charge is 2.30. The molecule has 154 valence electrons. The van der Waals surface area contributed by atoms with Crippen molar-refractivity contribution in [1.29, 1.82) is 0 Å². The molecule has 2 N–H and O–H groups in total. The van der Waals surface area contributed by atoms with Crippen molar-refractivity contribution in [2.45, 2.75) is 39.8 Å². The van der Waals surface area contributed by atoms with Crippen LogP contribution in [0.4, 0.5) is 0 Å². The Hall–Kier alpha value is -3.41. The van der Waals surface area contributed by atoms with Crippen molar-refractivity contribution >= 4 is 27.7 Å². The Morgan fingerprint density at radius 1 is 1.03 bits per heavy atom. The van der Waals surface area contributed by atoms with E-state index in [4.69, 9.17) is 0 Å². The molecule has 1 atom stereocenters. The molecular formula is C24H26N4O2. The van der Waals surface area contributed by atoms with Gasteiger partial charge in [-0.15, -0.1) is 0 Å². The molecule has 2 aromatic carbocycles. The van der Waals surface area contributed by atoms with Crippen LogP contribution in [0, 0.1) is 5.92 Å². The number of para-hydroxylation sites is 2. The van der Waals surface area contributed by atoms with Gasteiger partial charge in [0.15, 0.2) is 0 Å². The quantitative estimate of drug-likeness (QED) is 0.533. The Morgan fingerprint density at radius 2 is 1.70 bits per heavy atom. The largest absolute Gasteiger partial charge is 0.361 e. The number of H-pyrrole nitrogens is 1. The maximum atomic E-state index is 13.1. The fourth-order valence-corrected chi connectivity index (χ4v) is 3.73. The summed E-state index contributed by atoms with van der Waals surface area (Å²) in [5.74, 6) is 1.28. The Balaban J connectivity index is 0.000000503. The zero-order valence-corrected chi connectivity index (χ0v) is 17.5. The molecule has 6 nitrogen and oxygen atoms in total. The van der Waals surface area contributed by atoms with Gasteiger partial charge in [0.05, 0.1) is 17.4 Å². The topological polar surface area (TPSA) is 79.8 Å². The van der Waals surface area contributed by atoms with E-state index >= 15 is 0 Å². The molecule has 0 aliphatic carbocycles. The van der Waals surface area contributed by atoms with Crippen LogP contribution in [-0.2, 0) is 17.8 Å². The number of benzene rings is 2. The van der Waals surface area contributed by atoms with Gasteiger partial charge in [-0.25, -0.2) is 4.98 Å². The average Bonchev–Trinajstić information content (AvgIpc) is 3.13. The standard InChI is InChI=1S/C20H16N4O2.C4H10/c25-19-17(9-12-10-21-15-7-3-1-5-13(12)15)24-18(11-22-19)23-16-8-4-2-6-14(16)20(24)26;1-4(2)3/h1-8,10,17,21H,9,11H2,(H,22,25);4H,1-3H3. The summed E-state index contributed by atoms with van der Waals surface area (Å²) in [4.78, 5) is 33.5. The Morgan fingerprint density at radius 3 is 2.47 bits per heavy atom. The SMILES string of the molecule is CC(C)C.O=C1NCc2nc3ccccc3c(=O)n2C1Cc1c[nH]c2ccccc12. The highest BCUT2D eigenvalue weighted by atomic mass is 16.2. The third kappa shape index (κ3) is 3.73. The molecule has 30 heavy (non-hydrogen) atoms. The van der Waals surface area contributed by atoms with Crippen LogP contribution in [0.1, 0.15) is 38.2 Å². The van der Waals surface area contributed by atoms with E-state index in [2.05, 4.69) is 36.1 Å². The van der Waals surface area contributed by atoms with Gasteiger partial charge >= 0.3 is 0 Å². The molecule has 6 heteroatoms. The fourth-order valence-electron chi connectivity index (χ4n) is 3.73. The van der Waals surface area contributed by atoms with E-state index in [-0.39, 0.29) is 18.0 Å². The summed E-state index contributed by atoms with van der Waals surface area (Å²) in [5, 5.41) is 4.47. The second kappa shape index (κ2) is 8.14. The van der Waals surface area contributed by atoms with Gasteiger partial charge in [-0.2, -0.15) is 0 Å². The molecule has 1 amide bonds. The minimum absolute atomic E-state index is 0.151. The highest BCUT2D eigenvalue weighted by Crippen LogP contribution is 2.25. The Labute approximate surface area is 175 Å². The van der Waals surface area contributed by atoms with Crippen LogP contribution in [0.15, 0.2) is 59.5 Å². The van der Waals surface area contributed by atoms with E-state index in [1.54, 1.807) is 10.6 Å². The number of rotatable bonds is 2. The highest BCUT2D eigenvalue weighted by molar-refractivity contribution is 5.86. The third-order valence-electron chi connectivity index (χ3n) is 5.00. The number of hydrogen-bond acceptors (Lipinski definition) is 3. The molecule has 4 aromatic rings. The lowest BCUT2D eigenvalue weighted by Crippen LogP contribution is -2.45. The van der Waals surface area contributed by atoms with Crippen LogP contribution in [0.2, 0.25) is 0 Å². The van der Waals surface area contributed by atoms with Gasteiger partial charge in [0, 0.05) is 23.5 Å². The van der Waals surface area contributed by atoms with Gasteiger partial charge in [0.2, 0.25) is 5.91 Å². The zero-order chi connectivity index (χ0) is 21.3. The summed E-state index contributed by atoms with van der Waals surface area (Å²) in [6, 6.07) is 14.6. The van der Waals surface area contributed by atoms with E-state index < -0.39 is 6.04 Å².